The summed E-state index contributed by atoms with van der Waals surface area (Å²) in [7, 11) is 0. The SMILES string of the molecule is CC(C)C1CC(Oc2c(Cl)cc(-n3nc(C(=O)O)c(=O)[nH]c3=O)cc2Cl)=NNC1=O. The van der Waals surface area contributed by atoms with Crippen LogP contribution in [0.2, 0.25) is 10.0 Å². The molecule has 0 spiro atoms. The van der Waals surface area contributed by atoms with E-state index in [1.54, 1.807) is 0 Å². The molecular weight excluding hydrogens is 441 g/mol. The average Bonchev–Trinajstić information content (AvgIpc) is 2.65. The van der Waals surface area contributed by atoms with Crippen molar-refractivity contribution in [2.45, 2.75) is 20.3 Å². The molecule has 1 atom stereocenters. The molecular formula is C17H15Cl2N5O6. The molecule has 3 N–H and O–H groups in total. The zero-order valence-corrected chi connectivity index (χ0v) is 17.1. The fourth-order valence-corrected chi connectivity index (χ4v) is 3.28. The van der Waals surface area contributed by atoms with Crippen LogP contribution < -0.4 is 21.4 Å². The fourth-order valence-electron chi connectivity index (χ4n) is 2.73. The second-order valence-corrected chi connectivity index (χ2v) is 7.52. The number of nitrogens with one attached hydrogen (secondary N) is 2. The quantitative estimate of drug-likeness (QED) is 0.628. The van der Waals surface area contributed by atoms with Gasteiger partial charge in [-0.05, 0) is 18.1 Å². The van der Waals surface area contributed by atoms with E-state index in [-0.39, 0.29) is 51.5 Å². The number of carbonyl (C=O) groups is 2. The lowest BCUT2D eigenvalue weighted by Crippen LogP contribution is -2.38. The van der Waals surface area contributed by atoms with Crippen LogP contribution in [0.15, 0.2) is 26.8 Å². The maximum absolute atomic E-state index is 12.0. The van der Waals surface area contributed by atoms with E-state index in [0.717, 1.165) is 0 Å². The van der Waals surface area contributed by atoms with Gasteiger partial charge in [-0.1, -0.05) is 37.0 Å². The van der Waals surface area contributed by atoms with Crippen molar-refractivity contribution >= 4 is 41.0 Å². The number of aromatic carboxylic acids is 1. The molecule has 1 aliphatic rings. The van der Waals surface area contributed by atoms with Gasteiger partial charge in [0, 0.05) is 6.42 Å². The number of carboxylic acid groups (broad SMARTS) is 1. The van der Waals surface area contributed by atoms with Crippen molar-refractivity contribution in [2.24, 2.45) is 16.9 Å². The van der Waals surface area contributed by atoms with Gasteiger partial charge < -0.3 is 9.84 Å². The largest absolute Gasteiger partial charge is 0.476 e. The van der Waals surface area contributed by atoms with E-state index < -0.39 is 22.9 Å². The Kier molecular flexibility index (Phi) is 5.94. The van der Waals surface area contributed by atoms with Gasteiger partial charge in [-0.25, -0.2) is 15.0 Å². The third kappa shape index (κ3) is 4.21. The summed E-state index contributed by atoms with van der Waals surface area (Å²) in [6.07, 6.45) is 0.237. The molecule has 13 heteroatoms. The monoisotopic (exact) mass is 455 g/mol. The van der Waals surface area contributed by atoms with Crippen LogP contribution in [0.4, 0.5) is 0 Å². The molecule has 0 saturated heterocycles. The Hall–Kier alpha value is -3.18. The summed E-state index contributed by atoms with van der Waals surface area (Å²) < 4.78 is 6.30. The van der Waals surface area contributed by atoms with E-state index >= 15 is 0 Å². The molecule has 0 radical (unpaired) electrons. The number of H-pyrrole nitrogens is 1. The highest BCUT2D eigenvalue weighted by Gasteiger charge is 2.29. The number of carbonyl (C=O) groups excluding carboxylic acids is 1. The minimum Gasteiger partial charge on any atom is -0.476 e. The van der Waals surface area contributed by atoms with Crippen molar-refractivity contribution in [1.82, 2.24) is 20.2 Å². The van der Waals surface area contributed by atoms with E-state index in [4.69, 9.17) is 33.0 Å². The molecule has 11 nitrogen and oxygen atoms in total. The number of hydrazone groups is 1. The maximum atomic E-state index is 12.0. The Morgan fingerprint density at radius 2 is 1.90 bits per heavy atom. The fraction of sp³-hybridized carbons (Fsp3) is 0.294. The van der Waals surface area contributed by atoms with Crippen molar-refractivity contribution in [2.75, 3.05) is 0 Å². The zero-order valence-electron chi connectivity index (χ0n) is 15.6. The van der Waals surface area contributed by atoms with Gasteiger partial charge >= 0.3 is 11.7 Å². The first-order valence-electron chi connectivity index (χ1n) is 8.59. The number of aromatic amines is 1. The number of aromatic nitrogens is 3. The highest BCUT2D eigenvalue weighted by molar-refractivity contribution is 6.37. The molecule has 2 aromatic rings. The third-order valence-corrected chi connectivity index (χ3v) is 4.87. The Labute approximate surface area is 178 Å². The van der Waals surface area contributed by atoms with Crippen LogP contribution in [0, 0.1) is 11.8 Å². The second-order valence-electron chi connectivity index (χ2n) is 6.70. The van der Waals surface area contributed by atoms with Crippen molar-refractivity contribution in [1.29, 1.82) is 0 Å². The van der Waals surface area contributed by atoms with Crippen LogP contribution in [0.1, 0.15) is 30.8 Å². The van der Waals surface area contributed by atoms with Crippen LogP contribution in [0.3, 0.4) is 0 Å². The van der Waals surface area contributed by atoms with E-state index in [1.165, 1.54) is 12.1 Å². The van der Waals surface area contributed by atoms with Gasteiger partial charge in [-0.2, -0.15) is 9.78 Å². The molecule has 3 rings (SSSR count). The number of halogens is 2. The van der Waals surface area contributed by atoms with E-state index in [2.05, 4.69) is 15.6 Å². The first-order valence-corrected chi connectivity index (χ1v) is 9.34. The molecule has 2 heterocycles. The summed E-state index contributed by atoms with van der Waals surface area (Å²) in [5, 5.41) is 16.4. The molecule has 1 amide bonds. The van der Waals surface area contributed by atoms with Crippen molar-refractivity contribution in [3.63, 3.8) is 0 Å². The van der Waals surface area contributed by atoms with Crippen LogP contribution >= 0.6 is 23.2 Å². The lowest BCUT2D eigenvalue weighted by molar-refractivity contribution is -0.126. The topological polar surface area (TPSA) is 156 Å². The number of nitrogens with zero attached hydrogens (tertiary/aromatic N) is 3. The summed E-state index contributed by atoms with van der Waals surface area (Å²) in [5.74, 6) is -1.91. The summed E-state index contributed by atoms with van der Waals surface area (Å²) in [4.78, 5) is 48.4. The number of carboxylic acids is 1. The molecule has 1 aliphatic heterocycles. The molecule has 0 bridgehead atoms. The van der Waals surface area contributed by atoms with Gasteiger partial charge in [-0.3, -0.25) is 14.6 Å². The van der Waals surface area contributed by atoms with Gasteiger partial charge in [0.15, 0.2) is 5.75 Å². The zero-order chi connectivity index (χ0) is 22.2. The lowest BCUT2D eigenvalue weighted by atomic mass is 9.91. The minimum atomic E-state index is -1.61. The summed E-state index contributed by atoms with van der Waals surface area (Å²) in [5.41, 5.74) is -0.620. The predicted octanol–water partition coefficient (Wildman–Crippen LogP) is 1.41. The van der Waals surface area contributed by atoms with E-state index in [1.807, 2.05) is 18.8 Å². The Morgan fingerprint density at radius 3 is 2.47 bits per heavy atom. The smallest absolute Gasteiger partial charge is 0.362 e. The van der Waals surface area contributed by atoms with Crippen LogP contribution in [0.5, 0.6) is 5.75 Å². The van der Waals surface area contributed by atoms with Gasteiger partial charge in [-0.15, -0.1) is 5.10 Å². The highest BCUT2D eigenvalue weighted by Crippen LogP contribution is 2.36. The minimum absolute atomic E-state index is 0.0000395. The van der Waals surface area contributed by atoms with Gasteiger partial charge in [0.2, 0.25) is 17.5 Å². The third-order valence-electron chi connectivity index (χ3n) is 4.30. The standard InChI is InChI=1S/C17H15Cl2N5O6/c1-6(2)8-5-11(21-22-14(8)25)30-13-9(18)3-7(4-10(13)19)24-17(29)20-15(26)12(23-24)16(27)28/h3-4,6,8H,5H2,1-2H3,(H,22,25)(H,27,28)(H,20,26,29). The molecule has 1 unspecified atom stereocenters. The van der Waals surface area contributed by atoms with Crippen LogP contribution in [-0.4, -0.2) is 37.6 Å². The molecule has 0 saturated carbocycles. The highest BCUT2D eigenvalue weighted by atomic mass is 35.5. The van der Waals surface area contributed by atoms with Gasteiger partial charge in [0.1, 0.15) is 0 Å². The second kappa shape index (κ2) is 8.28. The normalized spacial score (nSPS) is 16.2. The Morgan fingerprint density at radius 1 is 1.27 bits per heavy atom. The molecule has 0 fully saturated rings. The number of benzene rings is 1. The maximum Gasteiger partial charge on any atom is 0.362 e. The number of ether oxygens (including phenoxy) is 1. The molecule has 158 valence electrons. The van der Waals surface area contributed by atoms with Crippen molar-refractivity contribution in [3.8, 4) is 11.4 Å². The number of hydrogen-bond acceptors (Lipinski definition) is 7. The van der Waals surface area contributed by atoms with E-state index in [9.17, 15) is 19.2 Å². The average molecular weight is 456 g/mol. The number of rotatable bonds is 4. The lowest BCUT2D eigenvalue weighted by Gasteiger charge is -2.24. The van der Waals surface area contributed by atoms with Crippen LogP contribution in [-0.2, 0) is 4.79 Å². The summed E-state index contributed by atoms with van der Waals surface area (Å²) in [6, 6.07) is 2.51. The number of amides is 1. The molecule has 1 aromatic heterocycles. The van der Waals surface area contributed by atoms with E-state index in [0.29, 0.717) is 4.68 Å². The summed E-state index contributed by atoms with van der Waals surface area (Å²) >= 11 is 12.5. The van der Waals surface area contributed by atoms with Crippen LogP contribution in [0.25, 0.3) is 5.69 Å². The molecule has 1 aromatic carbocycles. The number of hydrogen-bond donors (Lipinski definition) is 3. The first-order chi connectivity index (χ1) is 14.1. The molecule has 0 aliphatic carbocycles. The first kappa shape index (κ1) is 21.5. The Bertz CT molecular complexity index is 1160. The summed E-state index contributed by atoms with van der Waals surface area (Å²) in [6.45, 7) is 3.78. The Balaban J connectivity index is 1.97. The molecule has 30 heavy (non-hydrogen) atoms. The van der Waals surface area contributed by atoms with Crippen molar-refractivity contribution < 1.29 is 19.4 Å². The van der Waals surface area contributed by atoms with Gasteiger partial charge in [0.05, 0.1) is 21.7 Å². The van der Waals surface area contributed by atoms with Gasteiger partial charge in [0.25, 0.3) is 5.56 Å². The van der Waals surface area contributed by atoms with Crippen molar-refractivity contribution in [3.05, 3.63) is 48.7 Å². The predicted molar refractivity (Wildman–Crippen MR) is 107 cm³/mol.